The number of carbonyl (C=O) groups is 2. The molecule has 1 unspecified atom stereocenters. The predicted molar refractivity (Wildman–Crippen MR) is 43.9 cm³/mol. The van der Waals surface area contributed by atoms with Crippen molar-refractivity contribution in [2.45, 2.75) is 26.3 Å². The molecule has 1 aliphatic heterocycles. The predicted octanol–water partition coefficient (Wildman–Crippen LogP) is 0.664. The Morgan fingerprint density at radius 1 is 1.36 bits per heavy atom. The zero-order valence-electron chi connectivity index (χ0n) is 6.70. The van der Waals surface area contributed by atoms with Gasteiger partial charge in [-0.25, -0.2) is 0 Å². The molecule has 0 saturated carbocycles. The molecule has 56 valence electrons. The molecule has 1 saturated heterocycles. The zero-order chi connectivity index (χ0) is 8.43. The number of rotatable bonds is 2. The maximum atomic E-state index is 11.0. The number of hydrogen-bond acceptors (Lipinski definition) is 2. The smallest absolute Gasteiger partial charge is 0.201 e. The summed E-state index contributed by atoms with van der Waals surface area (Å²) in [5.41, 5.74) is 0. The number of amides is 2. The van der Waals surface area contributed by atoms with Crippen LogP contribution in [-0.4, -0.2) is 36.9 Å². The van der Waals surface area contributed by atoms with Gasteiger partial charge in [0.2, 0.25) is 14.3 Å². The van der Waals surface area contributed by atoms with Crippen molar-refractivity contribution in [3.05, 3.63) is 0 Å². The Morgan fingerprint density at radius 2 is 1.82 bits per heavy atom. The standard InChI is InChI=1S/C6H9B2NO2/c1-3-4(2)9-5(10)7-8-6(9)11/h4H,3H2,1-2H3. The molecule has 11 heavy (non-hydrogen) atoms. The molecular weight excluding hydrogens is 140 g/mol. The van der Waals surface area contributed by atoms with Crippen LogP contribution in [-0.2, 0) is 0 Å². The van der Waals surface area contributed by atoms with Crippen LogP contribution in [0.15, 0.2) is 0 Å². The van der Waals surface area contributed by atoms with E-state index in [0.717, 1.165) is 6.42 Å². The Balaban J connectivity index is 2.68. The van der Waals surface area contributed by atoms with E-state index in [9.17, 15) is 9.59 Å². The Bertz CT molecular complexity index is 179. The lowest BCUT2D eigenvalue weighted by Gasteiger charge is -2.22. The lowest BCUT2D eigenvalue weighted by molar-refractivity contribution is 0.202. The molecule has 1 fully saturated rings. The summed E-state index contributed by atoms with van der Waals surface area (Å²) in [5, 5.41) is 0. The van der Waals surface area contributed by atoms with E-state index < -0.39 is 0 Å². The van der Waals surface area contributed by atoms with Crippen LogP contribution in [0.25, 0.3) is 0 Å². The van der Waals surface area contributed by atoms with E-state index in [1.165, 1.54) is 19.2 Å². The van der Waals surface area contributed by atoms with Crippen LogP contribution in [0.3, 0.4) is 0 Å². The van der Waals surface area contributed by atoms with Crippen LogP contribution in [0.4, 0.5) is 9.59 Å². The third-order valence-electron chi connectivity index (χ3n) is 1.87. The van der Waals surface area contributed by atoms with Crippen molar-refractivity contribution in [2.24, 2.45) is 0 Å². The molecule has 0 spiro atoms. The van der Waals surface area contributed by atoms with Gasteiger partial charge < -0.3 is 0 Å². The fourth-order valence-electron chi connectivity index (χ4n) is 1.03. The van der Waals surface area contributed by atoms with E-state index in [1.807, 2.05) is 13.8 Å². The van der Waals surface area contributed by atoms with Crippen molar-refractivity contribution in [1.29, 1.82) is 0 Å². The average molecular weight is 149 g/mol. The molecule has 0 aromatic carbocycles. The Morgan fingerprint density at radius 3 is 2.18 bits per heavy atom. The lowest BCUT2D eigenvalue weighted by Crippen LogP contribution is -2.36. The minimum atomic E-state index is -0.190. The van der Waals surface area contributed by atoms with Crippen molar-refractivity contribution < 1.29 is 9.59 Å². The summed E-state index contributed by atoms with van der Waals surface area (Å²) >= 11 is 0. The van der Waals surface area contributed by atoms with Crippen LogP contribution in [0.2, 0.25) is 0 Å². The first-order valence-electron chi connectivity index (χ1n) is 3.72. The third kappa shape index (κ3) is 1.47. The molecule has 0 aromatic rings. The van der Waals surface area contributed by atoms with Gasteiger partial charge in [0.15, 0.2) is 11.6 Å². The van der Waals surface area contributed by atoms with E-state index in [1.54, 1.807) is 0 Å². The first-order valence-corrected chi connectivity index (χ1v) is 3.72. The second kappa shape index (κ2) is 3.11. The molecule has 3 nitrogen and oxygen atoms in total. The normalized spacial score (nSPS) is 19.6. The van der Waals surface area contributed by atoms with Crippen molar-refractivity contribution in [3.8, 4) is 0 Å². The summed E-state index contributed by atoms with van der Waals surface area (Å²) < 4.78 is 0. The van der Waals surface area contributed by atoms with Crippen LogP contribution < -0.4 is 0 Å². The molecule has 0 N–H and O–H groups in total. The molecule has 1 atom stereocenters. The number of carbonyl (C=O) groups excluding carboxylic acids is 2. The molecule has 1 rings (SSSR count). The van der Waals surface area contributed by atoms with E-state index >= 15 is 0 Å². The van der Waals surface area contributed by atoms with E-state index in [2.05, 4.69) is 0 Å². The molecule has 2 amide bonds. The molecule has 0 aliphatic carbocycles. The minimum Gasteiger partial charge on any atom is -0.300 e. The number of hydrogen-bond donors (Lipinski definition) is 0. The van der Waals surface area contributed by atoms with Gasteiger partial charge in [-0.1, -0.05) is 6.92 Å². The van der Waals surface area contributed by atoms with Gasteiger partial charge in [-0.3, -0.25) is 14.5 Å². The van der Waals surface area contributed by atoms with Crippen LogP contribution in [0.5, 0.6) is 0 Å². The number of nitrogens with zero attached hydrogens (tertiary/aromatic N) is 1. The molecule has 2 radical (unpaired) electrons. The lowest BCUT2D eigenvalue weighted by atomic mass is 9.42. The topological polar surface area (TPSA) is 37.4 Å². The third-order valence-corrected chi connectivity index (χ3v) is 1.87. The van der Waals surface area contributed by atoms with E-state index in [-0.39, 0.29) is 17.7 Å². The van der Waals surface area contributed by atoms with Gasteiger partial charge in [0.1, 0.15) is 0 Å². The van der Waals surface area contributed by atoms with E-state index in [0.29, 0.717) is 0 Å². The second-order valence-electron chi connectivity index (χ2n) is 2.64. The minimum absolute atomic E-state index is 0.0185. The average Bonchev–Trinajstić information content (AvgIpc) is 2.30. The molecular formula is C6H9B2NO2. The summed E-state index contributed by atoms with van der Waals surface area (Å²) in [6.45, 7) is 3.81. The van der Waals surface area contributed by atoms with Crippen molar-refractivity contribution in [3.63, 3.8) is 0 Å². The summed E-state index contributed by atoms with van der Waals surface area (Å²) in [7, 11) is 2.63. The summed E-state index contributed by atoms with van der Waals surface area (Å²) in [6.07, 6.45) is 0.805. The highest BCUT2D eigenvalue weighted by Gasteiger charge is 2.32. The van der Waals surface area contributed by atoms with Crippen molar-refractivity contribution >= 4 is 26.0 Å². The summed E-state index contributed by atoms with van der Waals surface area (Å²) in [4.78, 5) is 23.3. The van der Waals surface area contributed by atoms with Crippen LogP contribution in [0, 0.1) is 0 Å². The van der Waals surface area contributed by atoms with Gasteiger partial charge in [0.25, 0.3) is 0 Å². The molecule has 0 bridgehead atoms. The maximum Gasteiger partial charge on any atom is 0.201 e. The fraction of sp³-hybridized carbons (Fsp3) is 0.667. The highest BCUT2D eigenvalue weighted by atomic mass is 16.2. The quantitative estimate of drug-likeness (QED) is 0.540. The zero-order valence-corrected chi connectivity index (χ0v) is 6.70. The largest absolute Gasteiger partial charge is 0.300 e. The van der Waals surface area contributed by atoms with Gasteiger partial charge in [-0.15, -0.1) is 0 Å². The highest BCUT2D eigenvalue weighted by molar-refractivity contribution is 7.30. The van der Waals surface area contributed by atoms with Gasteiger partial charge in [-0.2, -0.15) is 0 Å². The van der Waals surface area contributed by atoms with Crippen LogP contribution in [0.1, 0.15) is 20.3 Å². The van der Waals surface area contributed by atoms with Crippen molar-refractivity contribution in [1.82, 2.24) is 4.90 Å². The summed E-state index contributed by atoms with van der Waals surface area (Å²) in [6, 6.07) is 0.0185. The monoisotopic (exact) mass is 149 g/mol. The maximum absolute atomic E-state index is 11.0. The highest BCUT2D eigenvalue weighted by Crippen LogP contribution is 2.09. The van der Waals surface area contributed by atoms with Gasteiger partial charge >= 0.3 is 0 Å². The molecule has 0 aromatic heterocycles. The molecule has 1 aliphatic rings. The Hall–Kier alpha value is -0.730. The SMILES string of the molecule is CCC(C)N1C(=O)[B][B]C1=O. The molecule has 5 heteroatoms. The van der Waals surface area contributed by atoms with E-state index in [4.69, 9.17) is 0 Å². The fourth-order valence-corrected chi connectivity index (χ4v) is 1.03. The van der Waals surface area contributed by atoms with Gasteiger partial charge in [0.05, 0.1) is 0 Å². The first kappa shape index (κ1) is 8.37. The first-order chi connectivity index (χ1) is 5.16. The summed E-state index contributed by atoms with van der Waals surface area (Å²) in [5.74, 6) is -0.381. The van der Waals surface area contributed by atoms with Gasteiger partial charge in [-0.05, 0) is 13.3 Å². The Kier molecular flexibility index (Phi) is 2.37. The number of imide groups is 1. The van der Waals surface area contributed by atoms with Gasteiger partial charge in [0, 0.05) is 6.04 Å². The second-order valence-corrected chi connectivity index (χ2v) is 2.64. The van der Waals surface area contributed by atoms with Crippen LogP contribution >= 0.6 is 0 Å². The Labute approximate surface area is 67.6 Å². The van der Waals surface area contributed by atoms with Crippen molar-refractivity contribution in [2.75, 3.05) is 0 Å². The molecule has 1 heterocycles.